The number of nitrogens with zero attached hydrogens (tertiary/aromatic N) is 2. The van der Waals surface area contributed by atoms with Crippen LogP contribution < -0.4 is 4.90 Å². The molecule has 0 atom stereocenters. The van der Waals surface area contributed by atoms with E-state index in [1.165, 1.54) is 23.5 Å². The molecule has 106 valence electrons. The zero-order valence-corrected chi connectivity index (χ0v) is 12.6. The molecule has 0 radical (unpaired) electrons. The Morgan fingerprint density at radius 3 is 2.75 bits per heavy atom. The number of hydrogen-bond acceptors (Lipinski definition) is 4. The fourth-order valence-electron chi connectivity index (χ4n) is 1.97. The molecular formula is C15H17FN2OS. The van der Waals surface area contributed by atoms with Gasteiger partial charge >= 0.3 is 0 Å². The number of hydrogen-bond donors (Lipinski definition) is 0. The molecule has 20 heavy (non-hydrogen) atoms. The lowest BCUT2D eigenvalue weighted by Gasteiger charge is -2.15. The first-order valence-corrected chi connectivity index (χ1v) is 7.24. The van der Waals surface area contributed by atoms with Crippen LogP contribution in [0.25, 0.3) is 0 Å². The van der Waals surface area contributed by atoms with Crippen LogP contribution in [-0.4, -0.2) is 18.3 Å². The Balaban J connectivity index is 2.21. The highest BCUT2D eigenvalue weighted by Crippen LogP contribution is 2.29. The molecule has 1 aromatic heterocycles. The van der Waals surface area contributed by atoms with E-state index >= 15 is 0 Å². The van der Waals surface area contributed by atoms with Crippen molar-refractivity contribution in [1.29, 1.82) is 0 Å². The van der Waals surface area contributed by atoms with Crippen LogP contribution in [0.3, 0.4) is 0 Å². The Morgan fingerprint density at radius 2 is 2.20 bits per heavy atom. The molecule has 0 amide bonds. The Morgan fingerprint density at radius 1 is 1.45 bits per heavy atom. The molecule has 3 nitrogen and oxygen atoms in total. The molecule has 0 bridgehead atoms. The summed E-state index contributed by atoms with van der Waals surface area (Å²) in [5.74, 6) is -0.0331. The third kappa shape index (κ3) is 3.22. The van der Waals surface area contributed by atoms with E-state index in [1.807, 2.05) is 31.9 Å². The van der Waals surface area contributed by atoms with Gasteiger partial charge in [-0.3, -0.25) is 4.79 Å². The van der Waals surface area contributed by atoms with Crippen molar-refractivity contribution in [3.63, 3.8) is 0 Å². The maximum absolute atomic E-state index is 13.2. The third-order valence-corrected chi connectivity index (χ3v) is 4.07. The minimum absolute atomic E-state index is 0.211. The van der Waals surface area contributed by atoms with Crippen LogP contribution >= 0.6 is 11.3 Å². The summed E-state index contributed by atoms with van der Waals surface area (Å²) in [4.78, 5) is 18.2. The lowest BCUT2D eigenvalue weighted by molar-refractivity contribution is 0.112. The Hall–Kier alpha value is -1.75. The molecule has 0 saturated heterocycles. The molecule has 0 aliphatic heterocycles. The van der Waals surface area contributed by atoms with Gasteiger partial charge in [-0.25, -0.2) is 9.37 Å². The highest BCUT2D eigenvalue weighted by molar-refractivity contribution is 7.17. The fraction of sp³-hybridized carbons (Fsp3) is 0.333. The van der Waals surface area contributed by atoms with Gasteiger partial charge < -0.3 is 4.90 Å². The quantitative estimate of drug-likeness (QED) is 0.785. The molecule has 2 aromatic rings. The Bertz CT molecular complexity index is 610. The summed E-state index contributed by atoms with van der Waals surface area (Å²) in [6.45, 7) is 4.58. The van der Waals surface area contributed by atoms with Gasteiger partial charge in [0.25, 0.3) is 0 Å². The lowest BCUT2D eigenvalue weighted by Crippen LogP contribution is -2.16. The number of benzene rings is 1. The second-order valence-corrected chi connectivity index (χ2v) is 6.01. The van der Waals surface area contributed by atoms with E-state index in [1.54, 1.807) is 6.07 Å². The van der Waals surface area contributed by atoms with Crippen LogP contribution in [0.1, 0.15) is 40.7 Å². The second kappa shape index (κ2) is 6.13. The number of carbonyl (C=O) groups excluding carboxylic acids is 1. The van der Waals surface area contributed by atoms with Gasteiger partial charge in [-0.05, 0) is 23.6 Å². The van der Waals surface area contributed by atoms with Crippen molar-refractivity contribution in [3.05, 3.63) is 46.2 Å². The van der Waals surface area contributed by atoms with Gasteiger partial charge in [-0.1, -0.05) is 37.3 Å². The van der Waals surface area contributed by atoms with Crippen molar-refractivity contribution in [3.8, 4) is 0 Å². The molecule has 0 aliphatic rings. The third-order valence-electron chi connectivity index (χ3n) is 2.96. The van der Waals surface area contributed by atoms with Gasteiger partial charge in [0, 0.05) is 13.6 Å². The van der Waals surface area contributed by atoms with Crippen molar-refractivity contribution in [2.75, 3.05) is 11.9 Å². The molecule has 0 spiro atoms. The van der Waals surface area contributed by atoms with Gasteiger partial charge in [0.1, 0.15) is 5.82 Å². The minimum Gasteiger partial charge on any atom is -0.347 e. The van der Waals surface area contributed by atoms with Crippen LogP contribution in [0.5, 0.6) is 0 Å². The molecule has 0 N–H and O–H groups in total. The number of anilines is 1. The monoisotopic (exact) mass is 292 g/mol. The van der Waals surface area contributed by atoms with Gasteiger partial charge in [-0.15, -0.1) is 0 Å². The number of aromatic nitrogens is 1. The Labute approximate surface area is 122 Å². The summed E-state index contributed by atoms with van der Waals surface area (Å²) < 4.78 is 13.2. The molecule has 1 aromatic carbocycles. The summed E-state index contributed by atoms with van der Waals surface area (Å²) in [7, 11) is 1.89. The summed E-state index contributed by atoms with van der Waals surface area (Å²) in [6.07, 6.45) is 0.854. The molecule has 0 aliphatic carbocycles. The van der Waals surface area contributed by atoms with E-state index in [2.05, 4.69) is 4.98 Å². The normalized spacial score (nSPS) is 10.8. The molecule has 1 heterocycles. The number of rotatable bonds is 5. The maximum atomic E-state index is 13.2. The summed E-state index contributed by atoms with van der Waals surface area (Å²) in [5.41, 5.74) is 1.70. The first kappa shape index (κ1) is 14.7. The van der Waals surface area contributed by atoms with Gasteiger partial charge in [-0.2, -0.15) is 0 Å². The van der Waals surface area contributed by atoms with Crippen molar-refractivity contribution >= 4 is 22.8 Å². The summed E-state index contributed by atoms with van der Waals surface area (Å²) in [5, 5.41) is 0.778. The van der Waals surface area contributed by atoms with Crippen molar-refractivity contribution in [1.82, 2.24) is 4.98 Å². The van der Waals surface area contributed by atoms with Crippen LogP contribution in [0.4, 0.5) is 9.52 Å². The summed E-state index contributed by atoms with van der Waals surface area (Å²) in [6, 6.07) is 6.50. The fourth-order valence-corrected chi connectivity index (χ4v) is 2.96. The smallest absolute Gasteiger partial charge is 0.186 e. The van der Waals surface area contributed by atoms with E-state index in [-0.39, 0.29) is 11.7 Å². The van der Waals surface area contributed by atoms with Crippen molar-refractivity contribution in [2.45, 2.75) is 26.3 Å². The van der Waals surface area contributed by atoms with E-state index < -0.39 is 0 Å². The molecule has 0 saturated carbocycles. The minimum atomic E-state index is -0.244. The van der Waals surface area contributed by atoms with Gasteiger partial charge in [0.05, 0.1) is 10.6 Å². The van der Waals surface area contributed by atoms with E-state index in [0.717, 1.165) is 22.7 Å². The second-order valence-electron chi connectivity index (χ2n) is 5.00. The average Bonchev–Trinajstić information content (AvgIpc) is 2.83. The number of halogens is 1. The van der Waals surface area contributed by atoms with E-state index in [4.69, 9.17) is 0 Å². The van der Waals surface area contributed by atoms with Crippen molar-refractivity contribution < 1.29 is 9.18 Å². The van der Waals surface area contributed by atoms with E-state index in [0.29, 0.717) is 11.4 Å². The molecule has 0 fully saturated rings. The van der Waals surface area contributed by atoms with Crippen LogP contribution in [0, 0.1) is 5.82 Å². The standard InChI is InChI=1S/C15H17FN2OS/c1-10(2)14-13(9-19)20-15(17-14)18(3)8-11-5-4-6-12(16)7-11/h4-7,9-10H,8H2,1-3H3. The van der Waals surface area contributed by atoms with Crippen LogP contribution in [0.2, 0.25) is 0 Å². The number of carbonyl (C=O) groups is 1. The molecule has 0 unspecified atom stereocenters. The number of aldehydes is 1. The highest BCUT2D eigenvalue weighted by Gasteiger charge is 2.16. The molecule has 5 heteroatoms. The summed E-state index contributed by atoms with van der Waals surface area (Å²) >= 11 is 1.37. The van der Waals surface area contributed by atoms with Crippen LogP contribution in [-0.2, 0) is 6.54 Å². The van der Waals surface area contributed by atoms with Gasteiger partial charge in [0.15, 0.2) is 11.4 Å². The predicted octanol–water partition coefficient (Wildman–Crippen LogP) is 3.85. The van der Waals surface area contributed by atoms with Crippen molar-refractivity contribution in [2.24, 2.45) is 0 Å². The predicted molar refractivity (Wildman–Crippen MR) is 80.1 cm³/mol. The maximum Gasteiger partial charge on any atom is 0.186 e. The zero-order valence-electron chi connectivity index (χ0n) is 11.8. The van der Waals surface area contributed by atoms with Gasteiger partial charge in [0.2, 0.25) is 0 Å². The Kier molecular flexibility index (Phi) is 4.49. The lowest BCUT2D eigenvalue weighted by atomic mass is 10.1. The number of thiazole rings is 1. The molecular weight excluding hydrogens is 275 g/mol. The first-order valence-electron chi connectivity index (χ1n) is 6.42. The van der Waals surface area contributed by atoms with E-state index in [9.17, 15) is 9.18 Å². The molecule has 2 rings (SSSR count). The highest BCUT2D eigenvalue weighted by atomic mass is 32.1. The van der Waals surface area contributed by atoms with Crippen LogP contribution in [0.15, 0.2) is 24.3 Å². The topological polar surface area (TPSA) is 33.2 Å². The zero-order chi connectivity index (χ0) is 14.7. The largest absolute Gasteiger partial charge is 0.347 e. The average molecular weight is 292 g/mol. The SMILES string of the molecule is CC(C)c1nc(N(C)Cc2cccc(F)c2)sc1C=O. The first-order chi connectivity index (χ1) is 9.51.